The molecular weight excluding hydrogens is 356 g/mol. The molecule has 1 atom stereocenters. The molecule has 0 spiro atoms. The van der Waals surface area contributed by atoms with Gasteiger partial charge in [0.15, 0.2) is 0 Å². The maximum absolute atomic E-state index is 12.5. The van der Waals surface area contributed by atoms with Gasteiger partial charge in [0.05, 0.1) is 4.88 Å². The first-order valence-electron chi connectivity index (χ1n) is 8.87. The second kappa shape index (κ2) is 9.14. The highest BCUT2D eigenvalue weighted by atomic mass is 32.1. The van der Waals surface area contributed by atoms with E-state index in [1.54, 1.807) is 13.0 Å². The molecule has 0 aliphatic carbocycles. The van der Waals surface area contributed by atoms with Gasteiger partial charge < -0.3 is 10.6 Å². The quantitative estimate of drug-likeness (QED) is 0.657. The summed E-state index contributed by atoms with van der Waals surface area (Å²) in [6.07, 6.45) is 0. The minimum Gasteiger partial charge on any atom is -0.353 e. The van der Waals surface area contributed by atoms with E-state index in [9.17, 15) is 9.59 Å². The van der Waals surface area contributed by atoms with E-state index in [0.29, 0.717) is 11.4 Å². The van der Waals surface area contributed by atoms with E-state index in [4.69, 9.17) is 0 Å². The van der Waals surface area contributed by atoms with Crippen molar-refractivity contribution in [3.8, 4) is 0 Å². The van der Waals surface area contributed by atoms with Gasteiger partial charge in [-0.3, -0.25) is 9.59 Å². The van der Waals surface area contributed by atoms with Crippen LogP contribution in [0.25, 0.3) is 0 Å². The molecule has 0 saturated heterocycles. The van der Waals surface area contributed by atoms with Crippen LogP contribution < -0.4 is 10.6 Å². The summed E-state index contributed by atoms with van der Waals surface area (Å²) >= 11 is 1.35. The molecule has 1 aromatic heterocycles. The smallest absolute Gasteiger partial charge is 0.261 e. The summed E-state index contributed by atoms with van der Waals surface area (Å²) < 4.78 is 0. The van der Waals surface area contributed by atoms with Crippen LogP contribution in [0.15, 0.2) is 78.2 Å². The Hall–Kier alpha value is -2.92. The maximum atomic E-state index is 12.5. The molecular formula is C22H22N2O2S. The number of nitrogens with one attached hydrogen (secondary N) is 2. The van der Waals surface area contributed by atoms with Crippen molar-refractivity contribution in [3.63, 3.8) is 0 Å². The molecule has 0 aliphatic heterocycles. The number of thiophene rings is 1. The van der Waals surface area contributed by atoms with Gasteiger partial charge in [0.25, 0.3) is 5.91 Å². The highest BCUT2D eigenvalue weighted by Crippen LogP contribution is 2.23. The van der Waals surface area contributed by atoms with Crippen LogP contribution in [0.4, 0.5) is 0 Å². The van der Waals surface area contributed by atoms with E-state index in [1.165, 1.54) is 11.3 Å². The molecule has 0 aliphatic rings. The van der Waals surface area contributed by atoms with Crippen molar-refractivity contribution >= 4 is 23.2 Å². The number of hydrogen-bond acceptors (Lipinski definition) is 3. The number of carbonyl (C=O) groups is 2. The molecule has 3 rings (SSSR count). The molecule has 0 fully saturated rings. The van der Waals surface area contributed by atoms with Gasteiger partial charge in [-0.1, -0.05) is 66.7 Å². The Morgan fingerprint density at radius 2 is 1.48 bits per heavy atom. The van der Waals surface area contributed by atoms with Gasteiger partial charge in [-0.05, 0) is 29.5 Å². The zero-order valence-electron chi connectivity index (χ0n) is 15.1. The van der Waals surface area contributed by atoms with Crippen LogP contribution in [0.2, 0.25) is 0 Å². The molecule has 138 valence electrons. The van der Waals surface area contributed by atoms with Crippen molar-refractivity contribution < 1.29 is 9.59 Å². The van der Waals surface area contributed by atoms with E-state index in [1.807, 2.05) is 47.8 Å². The Morgan fingerprint density at radius 3 is 2.00 bits per heavy atom. The zero-order valence-corrected chi connectivity index (χ0v) is 15.9. The number of hydrogen-bond donors (Lipinski definition) is 2. The minimum absolute atomic E-state index is 0.0524. The molecule has 2 N–H and O–H groups in total. The highest BCUT2D eigenvalue weighted by Gasteiger charge is 2.20. The lowest BCUT2D eigenvalue weighted by molar-refractivity contribution is -0.122. The fourth-order valence-corrected chi connectivity index (χ4v) is 3.52. The van der Waals surface area contributed by atoms with Crippen LogP contribution in [0.3, 0.4) is 0 Å². The Labute approximate surface area is 163 Å². The zero-order chi connectivity index (χ0) is 19.1. The first-order valence-corrected chi connectivity index (χ1v) is 9.75. The van der Waals surface area contributed by atoms with Crippen molar-refractivity contribution in [3.05, 3.63) is 94.2 Å². The van der Waals surface area contributed by atoms with Gasteiger partial charge in [-0.2, -0.15) is 0 Å². The van der Waals surface area contributed by atoms with Crippen LogP contribution >= 0.6 is 11.3 Å². The number of benzene rings is 2. The fourth-order valence-electron chi connectivity index (χ4n) is 2.90. The molecule has 1 heterocycles. The molecule has 4 nitrogen and oxygen atoms in total. The van der Waals surface area contributed by atoms with E-state index in [0.717, 1.165) is 11.1 Å². The first-order chi connectivity index (χ1) is 13.1. The third-order valence-corrected chi connectivity index (χ3v) is 5.24. The highest BCUT2D eigenvalue weighted by molar-refractivity contribution is 7.12. The lowest BCUT2D eigenvalue weighted by atomic mass is 9.91. The van der Waals surface area contributed by atoms with Crippen molar-refractivity contribution in [1.82, 2.24) is 10.6 Å². The van der Waals surface area contributed by atoms with Crippen molar-refractivity contribution in [1.29, 1.82) is 0 Å². The molecule has 5 heteroatoms. The number of amides is 2. The summed E-state index contributed by atoms with van der Waals surface area (Å²) in [5.74, 6) is -0.372. The molecule has 27 heavy (non-hydrogen) atoms. The summed E-state index contributed by atoms with van der Waals surface area (Å²) in [7, 11) is 0. The number of carbonyl (C=O) groups excluding carboxylic acids is 2. The second-order valence-corrected chi connectivity index (χ2v) is 7.24. The summed E-state index contributed by atoms with van der Waals surface area (Å²) in [6, 6.07) is 23.1. The fraction of sp³-hybridized carbons (Fsp3) is 0.182. The summed E-state index contributed by atoms with van der Waals surface area (Å²) in [5, 5.41) is 7.56. The summed E-state index contributed by atoms with van der Waals surface area (Å²) in [4.78, 5) is 25.2. The third-order valence-electron chi connectivity index (χ3n) is 4.37. The summed E-state index contributed by atoms with van der Waals surface area (Å²) in [6.45, 7) is 2.16. The molecule has 0 bridgehead atoms. The standard InChI is InChI=1S/C22H22N2O2S/c1-16(24-22(26)20-13-8-14-27-20)21(25)23-15-19(17-9-4-2-5-10-17)18-11-6-3-7-12-18/h2-14,16,19H,15H2,1H3,(H,23,25)(H,24,26). The number of rotatable bonds is 7. The average molecular weight is 378 g/mol. The molecule has 2 amide bonds. The van der Waals surface area contributed by atoms with Gasteiger partial charge in [-0.15, -0.1) is 11.3 Å². The van der Waals surface area contributed by atoms with Crippen molar-refractivity contribution in [2.45, 2.75) is 18.9 Å². The van der Waals surface area contributed by atoms with Crippen molar-refractivity contribution in [2.75, 3.05) is 6.54 Å². The lowest BCUT2D eigenvalue weighted by Crippen LogP contribution is -2.45. The lowest BCUT2D eigenvalue weighted by Gasteiger charge is -2.20. The molecule has 0 radical (unpaired) electrons. The Bertz CT molecular complexity index is 824. The molecule has 2 aromatic carbocycles. The van der Waals surface area contributed by atoms with Crippen LogP contribution in [0.1, 0.15) is 33.6 Å². The largest absolute Gasteiger partial charge is 0.353 e. The summed E-state index contributed by atoms with van der Waals surface area (Å²) in [5.41, 5.74) is 2.28. The molecule has 3 aromatic rings. The van der Waals surface area contributed by atoms with E-state index >= 15 is 0 Å². The van der Waals surface area contributed by atoms with Gasteiger partial charge >= 0.3 is 0 Å². The molecule has 1 unspecified atom stereocenters. The monoisotopic (exact) mass is 378 g/mol. The maximum Gasteiger partial charge on any atom is 0.261 e. The van der Waals surface area contributed by atoms with E-state index < -0.39 is 6.04 Å². The van der Waals surface area contributed by atoms with Crippen LogP contribution in [-0.2, 0) is 4.79 Å². The van der Waals surface area contributed by atoms with Gasteiger partial charge in [-0.25, -0.2) is 0 Å². The van der Waals surface area contributed by atoms with Gasteiger partial charge in [0.2, 0.25) is 5.91 Å². The topological polar surface area (TPSA) is 58.2 Å². The Kier molecular flexibility index (Phi) is 6.39. The predicted molar refractivity (Wildman–Crippen MR) is 109 cm³/mol. The average Bonchev–Trinajstić information content (AvgIpc) is 3.24. The van der Waals surface area contributed by atoms with E-state index in [-0.39, 0.29) is 17.7 Å². The van der Waals surface area contributed by atoms with Crippen LogP contribution in [-0.4, -0.2) is 24.4 Å². The molecule has 0 saturated carbocycles. The second-order valence-electron chi connectivity index (χ2n) is 6.29. The SMILES string of the molecule is CC(NC(=O)c1cccs1)C(=O)NCC(c1ccccc1)c1ccccc1. The minimum atomic E-state index is -0.605. The first kappa shape index (κ1) is 18.9. The van der Waals surface area contributed by atoms with Crippen molar-refractivity contribution in [2.24, 2.45) is 0 Å². The van der Waals surface area contributed by atoms with Crippen LogP contribution in [0.5, 0.6) is 0 Å². The Balaban J connectivity index is 1.64. The van der Waals surface area contributed by atoms with E-state index in [2.05, 4.69) is 34.9 Å². The van der Waals surface area contributed by atoms with Gasteiger partial charge in [0.1, 0.15) is 6.04 Å². The Morgan fingerprint density at radius 1 is 0.889 bits per heavy atom. The van der Waals surface area contributed by atoms with Gasteiger partial charge in [0, 0.05) is 12.5 Å². The predicted octanol–water partition coefficient (Wildman–Crippen LogP) is 3.81. The van der Waals surface area contributed by atoms with Crippen LogP contribution in [0, 0.1) is 0 Å². The normalized spacial score (nSPS) is 11.8. The third kappa shape index (κ3) is 5.05.